The first-order valence-electron chi connectivity index (χ1n) is 9.54. The number of thiazole rings is 1. The molecule has 3 aromatic rings. The SMILES string of the molecule is N#Cc1ccc(-c2nc(N3CCC(N)CC3)sc2-c2cn(CC(F)(F)F)cn2)cc1F. The number of benzene rings is 1. The molecule has 6 nitrogen and oxygen atoms in total. The molecule has 1 aliphatic rings. The number of hydrogen-bond acceptors (Lipinski definition) is 6. The summed E-state index contributed by atoms with van der Waals surface area (Å²) in [6.07, 6.45) is -0.347. The average molecular weight is 450 g/mol. The molecule has 1 fully saturated rings. The van der Waals surface area contributed by atoms with Gasteiger partial charge < -0.3 is 15.2 Å². The first-order chi connectivity index (χ1) is 14.7. The molecular weight excluding hydrogens is 432 g/mol. The minimum atomic E-state index is -4.37. The molecule has 11 heteroatoms. The Kier molecular flexibility index (Phi) is 5.68. The summed E-state index contributed by atoms with van der Waals surface area (Å²) in [5.74, 6) is -0.688. The lowest BCUT2D eigenvalue weighted by Gasteiger charge is -2.29. The van der Waals surface area contributed by atoms with Crippen LogP contribution in [-0.2, 0) is 6.54 Å². The number of nitrogens with zero attached hydrogens (tertiary/aromatic N) is 5. The van der Waals surface area contributed by atoms with Crippen molar-refractivity contribution in [2.45, 2.75) is 31.6 Å². The van der Waals surface area contributed by atoms with Gasteiger partial charge in [0.1, 0.15) is 24.1 Å². The van der Waals surface area contributed by atoms with Crippen LogP contribution in [0.3, 0.4) is 0 Å². The minimum Gasteiger partial charge on any atom is -0.348 e. The van der Waals surface area contributed by atoms with Crippen LogP contribution in [0.2, 0.25) is 0 Å². The summed E-state index contributed by atoms with van der Waals surface area (Å²) >= 11 is 1.29. The molecule has 1 aliphatic heterocycles. The summed E-state index contributed by atoms with van der Waals surface area (Å²) in [7, 11) is 0. The molecule has 162 valence electrons. The van der Waals surface area contributed by atoms with Gasteiger partial charge in [0.2, 0.25) is 0 Å². The van der Waals surface area contributed by atoms with Gasteiger partial charge in [0.15, 0.2) is 5.13 Å². The van der Waals surface area contributed by atoms with E-state index >= 15 is 0 Å². The van der Waals surface area contributed by atoms with Gasteiger partial charge >= 0.3 is 6.18 Å². The summed E-state index contributed by atoms with van der Waals surface area (Å²) in [5.41, 5.74) is 7.03. The van der Waals surface area contributed by atoms with E-state index in [2.05, 4.69) is 14.9 Å². The Morgan fingerprint density at radius 2 is 2.00 bits per heavy atom. The van der Waals surface area contributed by atoms with Crippen molar-refractivity contribution in [2.24, 2.45) is 5.73 Å². The second-order valence-electron chi connectivity index (χ2n) is 7.35. The van der Waals surface area contributed by atoms with Crippen LogP contribution in [0.15, 0.2) is 30.7 Å². The number of aromatic nitrogens is 3. The van der Waals surface area contributed by atoms with Gasteiger partial charge in [-0.15, -0.1) is 0 Å². The Balaban J connectivity index is 1.76. The molecule has 0 unspecified atom stereocenters. The van der Waals surface area contributed by atoms with Gasteiger partial charge in [-0.1, -0.05) is 17.4 Å². The van der Waals surface area contributed by atoms with E-state index in [1.54, 1.807) is 12.1 Å². The highest BCUT2D eigenvalue weighted by molar-refractivity contribution is 7.19. The van der Waals surface area contributed by atoms with Crippen LogP contribution in [-0.4, -0.2) is 39.8 Å². The third-order valence-corrected chi connectivity index (χ3v) is 6.16. The zero-order chi connectivity index (χ0) is 22.2. The summed E-state index contributed by atoms with van der Waals surface area (Å²) in [6.45, 7) is 0.256. The third kappa shape index (κ3) is 4.70. The van der Waals surface area contributed by atoms with E-state index in [-0.39, 0.29) is 11.6 Å². The van der Waals surface area contributed by atoms with Crippen molar-refractivity contribution >= 4 is 16.5 Å². The molecule has 2 N–H and O–H groups in total. The maximum absolute atomic E-state index is 14.2. The van der Waals surface area contributed by atoms with E-state index in [1.165, 1.54) is 29.7 Å². The Labute approximate surface area is 179 Å². The van der Waals surface area contributed by atoms with Crippen molar-refractivity contribution in [3.63, 3.8) is 0 Å². The molecule has 1 saturated heterocycles. The molecule has 2 aromatic heterocycles. The molecule has 4 rings (SSSR count). The van der Waals surface area contributed by atoms with Gasteiger partial charge in [0, 0.05) is 30.9 Å². The monoisotopic (exact) mass is 450 g/mol. The first-order valence-corrected chi connectivity index (χ1v) is 10.4. The predicted octanol–water partition coefficient (Wildman–Crippen LogP) is 4.17. The molecule has 0 amide bonds. The highest BCUT2D eigenvalue weighted by Crippen LogP contribution is 2.40. The lowest BCUT2D eigenvalue weighted by atomic mass is 10.1. The fraction of sp³-hybridized carbons (Fsp3) is 0.350. The van der Waals surface area contributed by atoms with Gasteiger partial charge in [0.05, 0.1) is 22.5 Å². The van der Waals surface area contributed by atoms with Crippen LogP contribution in [0.25, 0.3) is 21.8 Å². The van der Waals surface area contributed by atoms with Crippen molar-refractivity contribution in [1.29, 1.82) is 5.26 Å². The van der Waals surface area contributed by atoms with Crippen LogP contribution in [0.4, 0.5) is 22.7 Å². The Bertz CT molecular complexity index is 1120. The average Bonchev–Trinajstić information content (AvgIpc) is 3.34. The van der Waals surface area contributed by atoms with E-state index in [9.17, 15) is 17.6 Å². The van der Waals surface area contributed by atoms with E-state index in [4.69, 9.17) is 11.0 Å². The fourth-order valence-corrected chi connectivity index (χ4v) is 4.53. The molecule has 0 radical (unpaired) electrons. The van der Waals surface area contributed by atoms with Crippen LogP contribution >= 0.6 is 11.3 Å². The third-order valence-electron chi connectivity index (χ3n) is 5.02. The van der Waals surface area contributed by atoms with Crippen LogP contribution < -0.4 is 10.6 Å². The van der Waals surface area contributed by atoms with Crippen molar-refractivity contribution in [3.05, 3.63) is 42.1 Å². The maximum Gasteiger partial charge on any atom is 0.406 e. The van der Waals surface area contributed by atoms with Crippen molar-refractivity contribution < 1.29 is 17.6 Å². The topological polar surface area (TPSA) is 83.8 Å². The predicted molar refractivity (Wildman–Crippen MR) is 109 cm³/mol. The molecule has 0 spiro atoms. The van der Waals surface area contributed by atoms with E-state index in [0.29, 0.717) is 40.0 Å². The minimum absolute atomic E-state index is 0.0970. The van der Waals surface area contributed by atoms with Gasteiger partial charge in [0.25, 0.3) is 0 Å². The van der Waals surface area contributed by atoms with Gasteiger partial charge in [-0.25, -0.2) is 14.4 Å². The number of hydrogen-bond donors (Lipinski definition) is 1. The molecule has 0 bridgehead atoms. The Hall–Kier alpha value is -2.97. The number of nitriles is 1. The number of piperidine rings is 1. The summed E-state index contributed by atoms with van der Waals surface area (Å²) in [6, 6.07) is 6.03. The van der Waals surface area contributed by atoms with Gasteiger partial charge in [-0.3, -0.25) is 0 Å². The number of rotatable bonds is 4. The lowest BCUT2D eigenvalue weighted by Crippen LogP contribution is -2.39. The largest absolute Gasteiger partial charge is 0.406 e. The van der Waals surface area contributed by atoms with Crippen LogP contribution in [0, 0.1) is 17.1 Å². The maximum atomic E-state index is 14.2. The van der Waals surface area contributed by atoms with E-state index in [0.717, 1.165) is 23.7 Å². The summed E-state index contributed by atoms with van der Waals surface area (Å²) in [4.78, 5) is 11.4. The zero-order valence-electron chi connectivity index (χ0n) is 16.2. The smallest absolute Gasteiger partial charge is 0.348 e. The van der Waals surface area contributed by atoms with Crippen molar-refractivity contribution in [1.82, 2.24) is 14.5 Å². The first kappa shape index (κ1) is 21.3. The van der Waals surface area contributed by atoms with Gasteiger partial charge in [-0.05, 0) is 25.0 Å². The highest BCUT2D eigenvalue weighted by atomic mass is 32.1. The van der Waals surface area contributed by atoms with Crippen molar-refractivity contribution in [3.8, 4) is 27.9 Å². The van der Waals surface area contributed by atoms with E-state index < -0.39 is 18.5 Å². The summed E-state index contributed by atoms with van der Waals surface area (Å²) in [5, 5.41) is 9.65. The normalized spacial score (nSPS) is 15.3. The lowest BCUT2D eigenvalue weighted by molar-refractivity contribution is -0.140. The Morgan fingerprint density at radius 1 is 1.26 bits per heavy atom. The van der Waals surface area contributed by atoms with Crippen LogP contribution in [0.1, 0.15) is 18.4 Å². The molecule has 0 aliphatic carbocycles. The standard InChI is InChI=1S/C20H18F4N6S/c21-15-7-12(1-2-13(15)8-25)17-18(16-9-29(11-27-16)10-20(22,23)24)31-19(28-17)30-5-3-14(26)4-6-30/h1-2,7,9,11,14H,3-6,10,26H2. The van der Waals surface area contributed by atoms with E-state index in [1.807, 2.05) is 0 Å². The number of alkyl halides is 3. The zero-order valence-corrected chi connectivity index (χ0v) is 17.0. The van der Waals surface area contributed by atoms with Gasteiger partial charge in [-0.2, -0.15) is 18.4 Å². The number of nitrogens with two attached hydrogens (primary N) is 1. The number of imidazole rings is 1. The highest BCUT2D eigenvalue weighted by Gasteiger charge is 2.29. The molecule has 0 atom stereocenters. The number of anilines is 1. The second-order valence-corrected chi connectivity index (χ2v) is 8.33. The molecular formula is C20H18F4N6S. The number of halogens is 4. The molecule has 0 saturated carbocycles. The second kappa shape index (κ2) is 8.28. The Morgan fingerprint density at radius 3 is 2.65 bits per heavy atom. The molecule has 3 heterocycles. The quantitative estimate of drug-likeness (QED) is 0.603. The molecule has 1 aromatic carbocycles. The summed E-state index contributed by atoms with van der Waals surface area (Å²) < 4.78 is 53.5. The molecule has 31 heavy (non-hydrogen) atoms. The van der Waals surface area contributed by atoms with Crippen LogP contribution in [0.5, 0.6) is 0 Å². The fourth-order valence-electron chi connectivity index (χ4n) is 3.43. The van der Waals surface area contributed by atoms with Crippen molar-refractivity contribution in [2.75, 3.05) is 18.0 Å².